The Morgan fingerprint density at radius 3 is 1.14 bits per heavy atom. The van der Waals surface area contributed by atoms with Crippen LogP contribution in [0, 0.1) is 0 Å². The van der Waals surface area contributed by atoms with Crippen LogP contribution in [0.25, 0.3) is 11.1 Å². The molecule has 0 amide bonds. The molecule has 1 aromatic carbocycles. The van der Waals surface area contributed by atoms with Gasteiger partial charge in [-0.25, -0.2) is 19.2 Å². The molecule has 0 fully saturated rings. The van der Waals surface area contributed by atoms with Crippen molar-refractivity contribution < 1.29 is 28.7 Å². The molecule has 0 spiro atoms. The summed E-state index contributed by atoms with van der Waals surface area (Å²) in [6.45, 7) is 3.02. The van der Waals surface area contributed by atoms with Crippen LogP contribution in [0.5, 0.6) is 0 Å². The van der Waals surface area contributed by atoms with Crippen molar-refractivity contribution >= 4 is 35.0 Å². The van der Waals surface area contributed by atoms with Gasteiger partial charge in [-0.2, -0.15) is 0 Å². The number of ether oxygens (including phenoxy) is 2. The zero-order valence-corrected chi connectivity index (χ0v) is 11.8. The molecule has 6 nitrogen and oxygen atoms in total. The maximum atomic E-state index is 11.7. The van der Waals surface area contributed by atoms with Crippen LogP contribution in [0.15, 0.2) is 35.4 Å². The number of rotatable bonds is 2. The Kier molecular flexibility index (Phi) is 3.02. The summed E-state index contributed by atoms with van der Waals surface area (Å²) in [5.41, 5.74) is 1.90. The maximum Gasteiger partial charge on any atom is 0.347 e. The molecular formula is C16H10O6. The van der Waals surface area contributed by atoms with Gasteiger partial charge in [-0.15, -0.1) is 0 Å². The number of hydrogen-bond donors (Lipinski definition) is 0. The van der Waals surface area contributed by atoms with Gasteiger partial charge in [0, 0.05) is 11.1 Å². The van der Waals surface area contributed by atoms with Crippen LogP contribution in [-0.4, -0.2) is 23.9 Å². The van der Waals surface area contributed by atoms with Crippen LogP contribution in [0.1, 0.15) is 25.0 Å². The van der Waals surface area contributed by atoms with E-state index in [-0.39, 0.29) is 22.3 Å². The average molecular weight is 298 g/mol. The molecule has 6 heteroatoms. The van der Waals surface area contributed by atoms with Crippen molar-refractivity contribution in [3.63, 3.8) is 0 Å². The second kappa shape index (κ2) is 4.77. The minimum atomic E-state index is -0.693. The van der Waals surface area contributed by atoms with Crippen molar-refractivity contribution in [2.75, 3.05) is 0 Å². The number of carbonyl (C=O) groups is 4. The van der Waals surface area contributed by atoms with Crippen LogP contribution in [0.2, 0.25) is 0 Å². The Labute approximate surface area is 125 Å². The summed E-state index contributed by atoms with van der Waals surface area (Å²) in [5, 5.41) is 0. The van der Waals surface area contributed by atoms with Crippen molar-refractivity contribution in [1.29, 1.82) is 0 Å². The predicted molar refractivity (Wildman–Crippen MR) is 73.8 cm³/mol. The molecule has 0 unspecified atom stereocenters. The highest BCUT2D eigenvalue weighted by atomic mass is 16.6. The van der Waals surface area contributed by atoms with Gasteiger partial charge in [0.1, 0.15) is 0 Å². The molecular weight excluding hydrogens is 288 g/mol. The lowest BCUT2D eigenvalue weighted by Gasteiger charge is -2.04. The molecule has 110 valence electrons. The van der Waals surface area contributed by atoms with Crippen molar-refractivity contribution in [3.8, 4) is 0 Å². The molecule has 2 heterocycles. The predicted octanol–water partition coefficient (Wildman–Crippen LogP) is 1.40. The molecule has 3 rings (SSSR count). The Bertz CT molecular complexity index is 739. The first-order valence-corrected chi connectivity index (χ1v) is 6.45. The summed E-state index contributed by atoms with van der Waals surface area (Å²) < 4.78 is 9.08. The Hall–Kier alpha value is -3.02. The highest BCUT2D eigenvalue weighted by molar-refractivity contribution is 6.31. The van der Waals surface area contributed by atoms with Gasteiger partial charge in [-0.1, -0.05) is 24.3 Å². The molecule has 0 N–H and O–H groups in total. The van der Waals surface area contributed by atoms with Gasteiger partial charge >= 0.3 is 23.9 Å². The van der Waals surface area contributed by atoms with Crippen LogP contribution >= 0.6 is 0 Å². The van der Waals surface area contributed by atoms with Crippen molar-refractivity contribution in [2.45, 2.75) is 13.8 Å². The van der Waals surface area contributed by atoms with Gasteiger partial charge in [0.05, 0.1) is 11.1 Å². The van der Waals surface area contributed by atoms with Gasteiger partial charge < -0.3 is 9.47 Å². The Morgan fingerprint density at radius 2 is 0.909 bits per heavy atom. The van der Waals surface area contributed by atoms with Crippen LogP contribution in [0.3, 0.4) is 0 Å². The molecule has 22 heavy (non-hydrogen) atoms. The monoisotopic (exact) mass is 298 g/mol. The van der Waals surface area contributed by atoms with E-state index in [9.17, 15) is 19.2 Å². The molecule has 0 saturated carbocycles. The number of esters is 4. The second-order valence-electron chi connectivity index (χ2n) is 4.93. The SMILES string of the molecule is CC1=C(c2ccc(C3=C(C)C(=O)OC3=O)cc2)C(=O)OC1=O. The van der Waals surface area contributed by atoms with Crippen LogP contribution in [0.4, 0.5) is 0 Å². The summed E-state index contributed by atoms with van der Waals surface area (Å²) in [4.78, 5) is 46.0. The first kappa shape index (κ1) is 13.9. The van der Waals surface area contributed by atoms with E-state index in [0.717, 1.165) is 0 Å². The molecule has 0 radical (unpaired) electrons. The third-order valence-corrected chi connectivity index (χ3v) is 3.60. The number of cyclic esters (lactones) is 4. The molecule has 2 aliphatic rings. The first-order valence-electron chi connectivity index (χ1n) is 6.45. The summed E-state index contributed by atoms with van der Waals surface area (Å²) >= 11 is 0. The second-order valence-corrected chi connectivity index (χ2v) is 4.93. The largest absolute Gasteiger partial charge is 0.386 e. The van der Waals surface area contributed by atoms with E-state index >= 15 is 0 Å². The molecule has 0 saturated heterocycles. The van der Waals surface area contributed by atoms with Gasteiger partial charge in [-0.05, 0) is 25.0 Å². The maximum absolute atomic E-state index is 11.7. The fourth-order valence-electron chi connectivity index (χ4n) is 2.41. The van der Waals surface area contributed by atoms with E-state index in [4.69, 9.17) is 0 Å². The summed E-state index contributed by atoms with van der Waals surface area (Å²) in [6, 6.07) is 6.35. The first-order chi connectivity index (χ1) is 10.4. The normalized spacial score (nSPS) is 18.3. The number of carbonyl (C=O) groups excluding carboxylic acids is 4. The van der Waals surface area contributed by atoms with E-state index in [2.05, 4.69) is 9.47 Å². The van der Waals surface area contributed by atoms with Crippen LogP contribution in [-0.2, 0) is 28.7 Å². The topological polar surface area (TPSA) is 86.7 Å². The van der Waals surface area contributed by atoms with E-state index in [0.29, 0.717) is 11.1 Å². The van der Waals surface area contributed by atoms with E-state index in [1.165, 1.54) is 13.8 Å². The number of benzene rings is 1. The van der Waals surface area contributed by atoms with Gasteiger partial charge in [0.2, 0.25) is 0 Å². The quantitative estimate of drug-likeness (QED) is 0.606. The smallest absolute Gasteiger partial charge is 0.347 e. The van der Waals surface area contributed by atoms with Crippen molar-refractivity contribution in [3.05, 3.63) is 46.5 Å². The minimum Gasteiger partial charge on any atom is -0.386 e. The fraction of sp³-hybridized carbons (Fsp3) is 0.125. The fourth-order valence-corrected chi connectivity index (χ4v) is 2.41. The van der Waals surface area contributed by atoms with Gasteiger partial charge in [0.15, 0.2) is 0 Å². The summed E-state index contributed by atoms with van der Waals surface area (Å²) in [6.07, 6.45) is 0. The third kappa shape index (κ3) is 1.96. The van der Waals surface area contributed by atoms with Gasteiger partial charge in [-0.3, -0.25) is 0 Å². The molecule has 0 aliphatic carbocycles. The standard InChI is InChI=1S/C16H10O6/c1-7-11(15(19)21-13(7)17)9-3-5-10(6-4-9)12-8(2)14(18)22-16(12)20/h3-6H,1-2H3. The number of hydrogen-bond acceptors (Lipinski definition) is 6. The summed E-state index contributed by atoms with van der Waals surface area (Å²) in [5.74, 6) is -2.71. The lowest BCUT2D eigenvalue weighted by atomic mass is 9.97. The minimum absolute atomic E-state index is 0.201. The Morgan fingerprint density at radius 1 is 0.591 bits per heavy atom. The molecule has 0 aromatic heterocycles. The molecule has 1 aromatic rings. The van der Waals surface area contributed by atoms with Crippen LogP contribution < -0.4 is 0 Å². The highest BCUT2D eigenvalue weighted by Crippen LogP contribution is 2.30. The average Bonchev–Trinajstić information content (AvgIpc) is 2.87. The van der Waals surface area contributed by atoms with E-state index in [1.54, 1.807) is 24.3 Å². The highest BCUT2D eigenvalue weighted by Gasteiger charge is 2.33. The molecule has 0 bridgehead atoms. The lowest BCUT2D eigenvalue weighted by molar-refractivity contribution is -0.152. The van der Waals surface area contributed by atoms with Gasteiger partial charge in [0.25, 0.3) is 0 Å². The van der Waals surface area contributed by atoms with E-state index in [1.807, 2.05) is 0 Å². The Balaban J connectivity index is 2.02. The lowest BCUT2D eigenvalue weighted by Crippen LogP contribution is -2.02. The molecule has 2 aliphatic heterocycles. The molecule has 0 atom stereocenters. The van der Waals surface area contributed by atoms with Crippen molar-refractivity contribution in [1.82, 2.24) is 0 Å². The zero-order valence-electron chi connectivity index (χ0n) is 11.8. The summed E-state index contributed by atoms with van der Waals surface area (Å²) in [7, 11) is 0. The van der Waals surface area contributed by atoms with Crippen molar-refractivity contribution in [2.24, 2.45) is 0 Å². The third-order valence-electron chi connectivity index (χ3n) is 3.60. The van der Waals surface area contributed by atoms with E-state index < -0.39 is 23.9 Å². The zero-order chi connectivity index (χ0) is 16.0.